The Morgan fingerprint density at radius 1 is 1.20 bits per heavy atom. The molecule has 1 N–H and O–H groups in total. The first-order chi connectivity index (χ1) is 7.34. The van der Waals surface area contributed by atoms with Crippen LogP contribution in [0.25, 0.3) is 0 Å². The van der Waals surface area contributed by atoms with E-state index in [1.165, 1.54) is 0 Å². The number of hydrogen-bond donors (Lipinski definition) is 1. The van der Waals surface area contributed by atoms with Crippen LogP contribution in [0.5, 0.6) is 0 Å². The van der Waals surface area contributed by atoms with Crippen LogP contribution in [0.4, 0.5) is 5.82 Å². The van der Waals surface area contributed by atoms with E-state index in [1.54, 1.807) is 18.6 Å². The number of rotatable bonds is 3. The van der Waals surface area contributed by atoms with Crippen molar-refractivity contribution < 1.29 is 0 Å². The van der Waals surface area contributed by atoms with Gasteiger partial charge in [-0.25, -0.2) is 4.98 Å². The Kier molecular flexibility index (Phi) is 3.24. The van der Waals surface area contributed by atoms with Crippen LogP contribution in [0, 0.1) is 0 Å². The molecule has 0 spiro atoms. The summed E-state index contributed by atoms with van der Waals surface area (Å²) in [6, 6.07) is 3.91. The molecule has 15 heavy (non-hydrogen) atoms. The van der Waals surface area contributed by atoms with E-state index in [2.05, 4.69) is 36.2 Å². The van der Waals surface area contributed by atoms with Gasteiger partial charge in [-0.3, -0.25) is 9.97 Å². The van der Waals surface area contributed by atoms with Gasteiger partial charge in [0, 0.05) is 18.9 Å². The van der Waals surface area contributed by atoms with E-state index in [4.69, 9.17) is 0 Å². The van der Waals surface area contributed by atoms with E-state index in [0.29, 0.717) is 6.54 Å². The molecule has 0 unspecified atom stereocenters. The molecule has 2 rings (SSSR count). The van der Waals surface area contributed by atoms with Gasteiger partial charge in [0.15, 0.2) is 0 Å². The molecule has 0 saturated heterocycles. The number of nitrogens with zero attached hydrogens (tertiary/aromatic N) is 3. The van der Waals surface area contributed by atoms with E-state index in [9.17, 15) is 0 Å². The maximum absolute atomic E-state index is 4.21. The molecular weight excluding hydrogens is 256 g/mol. The average molecular weight is 265 g/mol. The van der Waals surface area contributed by atoms with Crippen molar-refractivity contribution >= 4 is 21.7 Å². The molecule has 2 aromatic heterocycles. The van der Waals surface area contributed by atoms with Crippen LogP contribution in [0.2, 0.25) is 0 Å². The Bertz CT molecular complexity index is 432. The first-order valence-corrected chi connectivity index (χ1v) is 5.24. The zero-order valence-corrected chi connectivity index (χ0v) is 9.48. The van der Waals surface area contributed by atoms with Gasteiger partial charge in [-0.15, -0.1) is 0 Å². The molecule has 4 nitrogen and oxygen atoms in total. The normalized spacial score (nSPS) is 9.93. The van der Waals surface area contributed by atoms with Crippen LogP contribution in [0.15, 0.2) is 41.5 Å². The Morgan fingerprint density at radius 2 is 2.13 bits per heavy atom. The van der Waals surface area contributed by atoms with Gasteiger partial charge in [-0.1, -0.05) is 6.07 Å². The molecule has 5 heteroatoms. The quantitative estimate of drug-likeness (QED) is 0.924. The van der Waals surface area contributed by atoms with Crippen LogP contribution < -0.4 is 5.32 Å². The number of nitrogens with one attached hydrogen (secondary N) is 1. The highest BCUT2D eigenvalue weighted by atomic mass is 79.9. The summed E-state index contributed by atoms with van der Waals surface area (Å²) in [5, 5.41) is 3.16. The van der Waals surface area contributed by atoms with E-state index in [1.807, 2.05) is 18.3 Å². The van der Waals surface area contributed by atoms with Crippen LogP contribution in [-0.2, 0) is 6.54 Å². The standard InChI is InChI=1S/C10H9BrN4/c11-9-6-13-7-10(15-9)14-5-8-2-1-3-12-4-8/h1-4,6-7H,5H2,(H,14,15). The Balaban J connectivity index is 1.99. The van der Waals surface area contributed by atoms with Crippen molar-refractivity contribution in [3.63, 3.8) is 0 Å². The third kappa shape index (κ3) is 2.99. The minimum atomic E-state index is 0.693. The maximum Gasteiger partial charge on any atom is 0.146 e. The van der Waals surface area contributed by atoms with Crippen LogP contribution in [0.1, 0.15) is 5.56 Å². The van der Waals surface area contributed by atoms with Crippen molar-refractivity contribution in [2.24, 2.45) is 0 Å². The lowest BCUT2D eigenvalue weighted by Crippen LogP contribution is -2.01. The Morgan fingerprint density at radius 3 is 2.87 bits per heavy atom. The first kappa shape index (κ1) is 10.0. The third-order valence-electron chi connectivity index (χ3n) is 1.80. The summed E-state index contributed by atoms with van der Waals surface area (Å²) in [5.74, 6) is 0.744. The second kappa shape index (κ2) is 4.84. The number of pyridine rings is 1. The summed E-state index contributed by atoms with van der Waals surface area (Å²) in [7, 11) is 0. The molecule has 0 aliphatic rings. The summed E-state index contributed by atoms with van der Waals surface area (Å²) < 4.78 is 0.721. The van der Waals surface area contributed by atoms with Gasteiger partial charge in [0.1, 0.15) is 10.4 Å². The van der Waals surface area contributed by atoms with Gasteiger partial charge in [-0.2, -0.15) is 0 Å². The van der Waals surface area contributed by atoms with E-state index in [0.717, 1.165) is 16.0 Å². The summed E-state index contributed by atoms with van der Waals surface area (Å²) >= 11 is 3.26. The molecule has 2 aromatic rings. The number of aromatic nitrogens is 3. The van der Waals surface area contributed by atoms with E-state index < -0.39 is 0 Å². The molecule has 0 aliphatic heterocycles. The molecule has 76 valence electrons. The molecule has 0 amide bonds. The highest BCUT2D eigenvalue weighted by Crippen LogP contribution is 2.08. The van der Waals surface area contributed by atoms with E-state index >= 15 is 0 Å². The van der Waals surface area contributed by atoms with Gasteiger partial charge in [-0.05, 0) is 27.6 Å². The molecule has 2 heterocycles. The second-order valence-corrected chi connectivity index (χ2v) is 3.75. The number of halogens is 1. The summed E-state index contributed by atoms with van der Waals surface area (Å²) in [6.45, 7) is 0.693. The SMILES string of the molecule is Brc1cncc(NCc2cccnc2)n1. The van der Waals surface area contributed by atoms with Crippen LogP contribution in [-0.4, -0.2) is 15.0 Å². The number of hydrogen-bond acceptors (Lipinski definition) is 4. The fourth-order valence-corrected chi connectivity index (χ4v) is 1.43. The molecule has 0 fully saturated rings. The maximum atomic E-state index is 4.21. The topological polar surface area (TPSA) is 50.7 Å². The lowest BCUT2D eigenvalue weighted by molar-refractivity contribution is 1.06. The molecule has 0 saturated carbocycles. The third-order valence-corrected chi connectivity index (χ3v) is 2.18. The summed E-state index contributed by atoms with van der Waals surface area (Å²) in [6.07, 6.45) is 6.90. The Labute approximate surface area is 95.9 Å². The molecule has 0 bridgehead atoms. The van der Waals surface area contributed by atoms with Crippen molar-refractivity contribution in [1.29, 1.82) is 0 Å². The summed E-state index contributed by atoms with van der Waals surface area (Å²) in [5.41, 5.74) is 1.11. The highest BCUT2D eigenvalue weighted by Gasteiger charge is 1.96. The van der Waals surface area contributed by atoms with Gasteiger partial charge in [0.05, 0.1) is 12.4 Å². The first-order valence-electron chi connectivity index (χ1n) is 4.45. The van der Waals surface area contributed by atoms with Crippen molar-refractivity contribution in [3.8, 4) is 0 Å². The molecule has 0 aliphatic carbocycles. The Hall–Kier alpha value is -1.49. The molecule has 0 aromatic carbocycles. The fourth-order valence-electron chi connectivity index (χ4n) is 1.12. The van der Waals surface area contributed by atoms with E-state index in [-0.39, 0.29) is 0 Å². The predicted molar refractivity (Wildman–Crippen MR) is 61.3 cm³/mol. The highest BCUT2D eigenvalue weighted by molar-refractivity contribution is 9.10. The van der Waals surface area contributed by atoms with Gasteiger partial charge in [0.25, 0.3) is 0 Å². The van der Waals surface area contributed by atoms with Crippen LogP contribution in [0.3, 0.4) is 0 Å². The minimum Gasteiger partial charge on any atom is -0.365 e. The molecule has 0 atom stereocenters. The lowest BCUT2D eigenvalue weighted by Gasteiger charge is -2.04. The van der Waals surface area contributed by atoms with Crippen molar-refractivity contribution in [3.05, 3.63) is 47.1 Å². The van der Waals surface area contributed by atoms with Gasteiger partial charge >= 0.3 is 0 Å². The smallest absolute Gasteiger partial charge is 0.146 e. The van der Waals surface area contributed by atoms with Gasteiger partial charge < -0.3 is 5.32 Å². The fraction of sp³-hybridized carbons (Fsp3) is 0.100. The lowest BCUT2D eigenvalue weighted by atomic mass is 10.3. The second-order valence-electron chi connectivity index (χ2n) is 2.94. The largest absolute Gasteiger partial charge is 0.365 e. The molecule has 0 radical (unpaired) electrons. The average Bonchev–Trinajstić information content (AvgIpc) is 2.28. The zero-order chi connectivity index (χ0) is 10.5. The van der Waals surface area contributed by atoms with Gasteiger partial charge in [0.2, 0.25) is 0 Å². The number of anilines is 1. The summed E-state index contributed by atoms with van der Waals surface area (Å²) in [4.78, 5) is 12.2. The van der Waals surface area contributed by atoms with Crippen LogP contribution >= 0.6 is 15.9 Å². The van der Waals surface area contributed by atoms with Crippen molar-refractivity contribution in [2.45, 2.75) is 6.54 Å². The predicted octanol–water partition coefficient (Wildman–Crippen LogP) is 2.25. The zero-order valence-electron chi connectivity index (χ0n) is 7.89. The molecular formula is C10H9BrN4. The van der Waals surface area contributed by atoms with Crippen molar-refractivity contribution in [1.82, 2.24) is 15.0 Å². The monoisotopic (exact) mass is 264 g/mol. The minimum absolute atomic E-state index is 0.693. The van der Waals surface area contributed by atoms with Crippen molar-refractivity contribution in [2.75, 3.05) is 5.32 Å².